The minimum absolute atomic E-state index is 0.821. The van der Waals surface area contributed by atoms with Gasteiger partial charge in [0.05, 0.1) is 0 Å². The summed E-state index contributed by atoms with van der Waals surface area (Å²) < 4.78 is 0. The summed E-state index contributed by atoms with van der Waals surface area (Å²) in [7, 11) is 0. The fourth-order valence-electron chi connectivity index (χ4n) is 3.17. The Morgan fingerprint density at radius 2 is 1.68 bits per heavy atom. The molecule has 0 amide bonds. The lowest BCUT2D eigenvalue weighted by atomic mass is 10.1. The number of hydrogen-bond donors (Lipinski definition) is 1. The Morgan fingerprint density at radius 3 is 2.37 bits per heavy atom. The van der Waals surface area contributed by atoms with Gasteiger partial charge in [-0.3, -0.25) is 0 Å². The molecule has 0 aromatic heterocycles. The lowest BCUT2D eigenvalue weighted by Crippen LogP contribution is -2.36. The summed E-state index contributed by atoms with van der Waals surface area (Å²) >= 11 is 0. The predicted octanol–water partition coefficient (Wildman–Crippen LogP) is 3.21. The van der Waals surface area contributed by atoms with Gasteiger partial charge in [0.2, 0.25) is 0 Å². The third-order valence-corrected chi connectivity index (χ3v) is 4.24. The summed E-state index contributed by atoms with van der Waals surface area (Å²) in [6.07, 6.45) is 9.25. The van der Waals surface area contributed by atoms with Crippen molar-refractivity contribution in [2.24, 2.45) is 5.73 Å². The van der Waals surface area contributed by atoms with Crippen molar-refractivity contribution in [2.75, 3.05) is 19.6 Å². The average Bonchev–Trinajstić information content (AvgIpc) is 2.98. The van der Waals surface area contributed by atoms with Gasteiger partial charge >= 0.3 is 0 Å². The number of hydrogen-bond acceptors (Lipinski definition) is 2. The second kappa shape index (κ2) is 8.34. The van der Waals surface area contributed by atoms with E-state index in [4.69, 9.17) is 5.73 Å². The summed E-state index contributed by atoms with van der Waals surface area (Å²) in [6, 6.07) is 11.7. The monoisotopic (exact) mass is 260 g/mol. The van der Waals surface area contributed by atoms with E-state index in [1.54, 1.807) is 0 Å². The van der Waals surface area contributed by atoms with Crippen LogP contribution in [0.25, 0.3) is 0 Å². The Balaban J connectivity index is 1.75. The van der Waals surface area contributed by atoms with Crippen molar-refractivity contribution in [3.8, 4) is 0 Å². The number of nitrogens with zero attached hydrogens (tertiary/aromatic N) is 1. The zero-order valence-corrected chi connectivity index (χ0v) is 12.1. The molecule has 1 saturated carbocycles. The lowest BCUT2D eigenvalue weighted by Gasteiger charge is -2.28. The van der Waals surface area contributed by atoms with Crippen LogP contribution < -0.4 is 5.73 Å². The molecular weight excluding hydrogens is 232 g/mol. The van der Waals surface area contributed by atoms with Crippen LogP contribution in [-0.4, -0.2) is 30.6 Å². The van der Waals surface area contributed by atoms with Gasteiger partial charge in [-0.25, -0.2) is 0 Å². The van der Waals surface area contributed by atoms with E-state index in [0.717, 1.165) is 19.0 Å². The number of aryl methyl sites for hydroxylation is 1. The summed E-state index contributed by atoms with van der Waals surface area (Å²) in [5.74, 6) is 0. The molecule has 0 radical (unpaired) electrons. The van der Waals surface area contributed by atoms with E-state index < -0.39 is 0 Å². The third kappa shape index (κ3) is 4.96. The van der Waals surface area contributed by atoms with Crippen molar-refractivity contribution in [1.29, 1.82) is 0 Å². The Bertz CT molecular complexity index is 330. The topological polar surface area (TPSA) is 29.3 Å². The van der Waals surface area contributed by atoms with Gasteiger partial charge < -0.3 is 10.6 Å². The fourth-order valence-corrected chi connectivity index (χ4v) is 3.17. The average molecular weight is 260 g/mol. The van der Waals surface area contributed by atoms with Crippen molar-refractivity contribution in [1.82, 2.24) is 4.90 Å². The van der Waals surface area contributed by atoms with Crippen LogP contribution in [0.1, 0.15) is 44.1 Å². The maximum absolute atomic E-state index is 5.67. The van der Waals surface area contributed by atoms with Crippen molar-refractivity contribution >= 4 is 0 Å². The summed E-state index contributed by atoms with van der Waals surface area (Å²) in [4.78, 5) is 2.70. The highest BCUT2D eigenvalue weighted by molar-refractivity contribution is 5.14. The molecule has 1 aliphatic rings. The van der Waals surface area contributed by atoms with Gasteiger partial charge in [0.1, 0.15) is 0 Å². The van der Waals surface area contributed by atoms with Gasteiger partial charge in [-0.15, -0.1) is 0 Å². The summed E-state index contributed by atoms with van der Waals surface area (Å²) in [6.45, 7) is 3.25. The van der Waals surface area contributed by atoms with Crippen LogP contribution >= 0.6 is 0 Å². The molecule has 1 aromatic carbocycles. The highest BCUT2D eigenvalue weighted by Crippen LogP contribution is 2.23. The van der Waals surface area contributed by atoms with Crippen LogP contribution in [0, 0.1) is 0 Å². The molecular formula is C17H28N2. The first-order valence-electron chi connectivity index (χ1n) is 7.88. The molecule has 0 unspecified atom stereocenters. The molecule has 19 heavy (non-hydrogen) atoms. The molecule has 2 N–H and O–H groups in total. The van der Waals surface area contributed by atoms with Crippen molar-refractivity contribution in [3.05, 3.63) is 35.9 Å². The number of nitrogens with two attached hydrogens (primary N) is 1. The second-order valence-corrected chi connectivity index (χ2v) is 5.71. The highest BCUT2D eigenvalue weighted by Gasteiger charge is 2.21. The van der Waals surface area contributed by atoms with E-state index in [1.165, 1.54) is 57.2 Å². The van der Waals surface area contributed by atoms with Crippen molar-refractivity contribution < 1.29 is 0 Å². The Labute approximate surface area is 118 Å². The van der Waals surface area contributed by atoms with Gasteiger partial charge in [0.15, 0.2) is 0 Å². The van der Waals surface area contributed by atoms with E-state index in [-0.39, 0.29) is 0 Å². The molecule has 1 aromatic rings. The molecule has 1 aliphatic carbocycles. The maximum atomic E-state index is 5.67. The molecule has 2 rings (SSSR count). The molecule has 0 aliphatic heterocycles. The van der Waals surface area contributed by atoms with E-state index in [0.29, 0.717) is 0 Å². The molecule has 106 valence electrons. The zero-order chi connectivity index (χ0) is 13.3. The molecule has 0 spiro atoms. The first-order valence-corrected chi connectivity index (χ1v) is 7.88. The van der Waals surface area contributed by atoms with Crippen LogP contribution in [0.15, 0.2) is 30.3 Å². The number of rotatable bonds is 8. The quantitative estimate of drug-likeness (QED) is 0.777. The van der Waals surface area contributed by atoms with Crippen molar-refractivity contribution in [3.63, 3.8) is 0 Å². The van der Waals surface area contributed by atoms with E-state index in [2.05, 4.69) is 35.2 Å². The number of benzene rings is 1. The molecule has 0 bridgehead atoms. The molecule has 2 heteroatoms. The van der Waals surface area contributed by atoms with E-state index >= 15 is 0 Å². The van der Waals surface area contributed by atoms with Gasteiger partial charge in [0, 0.05) is 6.04 Å². The van der Waals surface area contributed by atoms with Gasteiger partial charge in [-0.2, -0.15) is 0 Å². The van der Waals surface area contributed by atoms with Gasteiger partial charge in [-0.1, -0.05) is 43.2 Å². The summed E-state index contributed by atoms with van der Waals surface area (Å²) in [5, 5.41) is 0. The lowest BCUT2D eigenvalue weighted by molar-refractivity contribution is 0.195. The van der Waals surface area contributed by atoms with Gasteiger partial charge in [0.25, 0.3) is 0 Å². The summed E-state index contributed by atoms with van der Waals surface area (Å²) in [5.41, 5.74) is 7.13. The minimum Gasteiger partial charge on any atom is -0.330 e. The van der Waals surface area contributed by atoms with Gasteiger partial charge in [-0.05, 0) is 57.3 Å². The first-order chi connectivity index (χ1) is 9.40. The molecule has 0 saturated heterocycles. The Hall–Kier alpha value is -0.860. The normalized spacial score (nSPS) is 16.3. The van der Waals surface area contributed by atoms with E-state index in [1.807, 2.05) is 0 Å². The van der Waals surface area contributed by atoms with E-state index in [9.17, 15) is 0 Å². The standard InChI is InChI=1S/C17H28N2/c18-13-7-15-19(17-11-4-5-12-17)14-6-10-16-8-2-1-3-9-16/h1-3,8-9,17H,4-7,10-15,18H2. The van der Waals surface area contributed by atoms with Crippen LogP contribution in [0.5, 0.6) is 0 Å². The van der Waals surface area contributed by atoms with Crippen LogP contribution in [-0.2, 0) is 6.42 Å². The first kappa shape index (κ1) is 14.5. The molecule has 0 atom stereocenters. The highest BCUT2D eigenvalue weighted by atomic mass is 15.2. The largest absolute Gasteiger partial charge is 0.330 e. The van der Waals surface area contributed by atoms with Crippen LogP contribution in [0.3, 0.4) is 0 Å². The SMILES string of the molecule is NCCCN(CCCc1ccccc1)C1CCCC1. The second-order valence-electron chi connectivity index (χ2n) is 5.71. The predicted molar refractivity (Wildman–Crippen MR) is 82.3 cm³/mol. The zero-order valence-electron chi connectivity index (χ0n) is 12.1. The Morgan fingerprint density at radius 1 is 1.00 bits per heavy atom. The fraction of sp³-hybridized carbons (Fsp3) is 0.647. The van der Waals surface area contributed by atoms with Crippen LogP contribution in [0.4, 0.5) is 0 Å². The molecule has 1 fully saturated rings. The Kier molecular flexibility index (Phi) is 6.38. The molecule has 2 nitrogen and oxygen atoms in total. The molecule has 0 heterocycles. The van der Waals surface area contributed by atoms with Crippen molar-refractivity contribution in [2.45, 2.75) is 51.0 Å². The maximum Gasteiger partial charge on any atom is 0.00952 e. The smallest absolute Gasteiger partial charge is 0.00952 e. The third-order valence-electron chi connectivity index (χ3n) is 4.24. The van der Waals surface area contributed by atoms with Crippen LogP contribution in [0.2, 0.25) is 0 Å². The minimum atomic E-state index is 0.821.